The van der Waals surface area contributed by atoms with E-state index < -0.39 is 0 Å². The van der Waals surface area contributed by atoms with Crippen molar-refractivity contribution in [3.63, 3.8) is 0 Å². The molecule has 1 saturated carbocycles. The lowest BCUT2D eigenvalue weighted by Gasteiger charge is -2.31. The van der Waals surface area contributed by atoms with Crippen LogP contribution in [0.2, 0.25) is 0 Å². The van der Waals surface area contributed by atoms with Crippen LogP contribution < -0.4 is 15.5 Å². The van der Waals surface area contributed by atoms with Gasteiger partial charge in [0.1, 0.15) is 0 Å². The molecule has 2 amide bonds. The number of benzene rings is 1. The highest BCUT2D eigenvalue weighted by atomic mass is 16.3. The van der Waals surface area contributed by atoms with Crippen LogP contribution in [0.1, 0.15) is 32.1 Å². The van der Waals surface area contributed by atoms with Crippen molar-refractivity contribution < 1.29 is 9.90 Å². The normalized spacial score (nSPS) is 27.7. The van der Waals surface area contributed by atoms with E-state index in [9.17, 15) is 9.90 Å². The molecule has 1 aromatic carbocycles. The molecule has 126 valence electrons. The Labute approximate surface area is 138 Å². The summed E-state index contributed by atoms with van der Waals surface area (Å²) in [7, 11) is 0. The molecule has 3 atom stereocenters. The summed E-state index contributed by atoms with van der Waals surface area (Å²) in [5.41, 5.74) is 1.21. The summed E-state index contributed by atoms with van der Waals surface area (Å²) in [6.45, 7) is 1.99. The average Bonchev–Trinajstić information content (AvgIpc) is 3.04. The molecular formula is C18H27N3O2. The van der Waals surface area contributed by atoms with E-state index in [4.69, 9.17) is 0 Å². The molecule has 3 N–H and O–H groups in total. The van der Waals surface area contributed by atoms with Gasteiger partial charge in [-0.05, 0) is 31.4 Å². The third kappa shape index (κ3) is 4.16. The topological polar surface area (TPSA) is 64.6 Å². The lowest BCUT2D eigenvalue weighted by atomic mass is 9.85. The summed E-state index contributed by atoms with van der Waals surface area (Å²) in [5.74, 6) is 0.207. The molecule has 2 fully saturated rings. The zero-order chi connectivity index (χ0) is 16.1. The molecule has 5 nitrogen and oxygen atoms in total. The minimum absolute atomic E-state index is 0.0877. The smallest absolute Gasteiger partial charge is 0.315 e. The third-order valence-electron chi connectivity index (χ3n) is 5.10. The van der Waals surface area contributed by atoms with Gasteiger partial charge < -0.3 is 20.6 Å². The first-order chi connectivity index (χ1) is 11.3. The first-order valence-corrected chi connectivity index (χ1v) is 8.74. The van der Waals surface area contributed by atoms with Crippen LogP contribution in [0.4, 0.5) is 10.5 Å². The lowest BCUT2D eigenvalue weighted by Crippen LogP contribution is -2.50. The lowest BCUT2D eigenvalue weighted by molar-refractivity contribution is 0.153. The van der Waals surface area contributed by atoms with E-state index in [0.717, 1.165) is 45.2 Å². The highest BCUT2D eigenvalue weighted by Crippen LogP contribution is 2.24. The van der Waals surface area contributed by atoms with Crippen molar-refractivity contribution in [2.45, 2.75) is 44.2 Å². The molecule has 1 saturated heterocycles. The molecule has 3 unspecified atom stereocenters. The predicted octanol–water partition coefficient (Wildman–Crippen LogP) is 2.12. The Hall–Kier alpha value is -1.75. The number of anilines is 1. The fourth-order valence-electron chi connectivity index (χ4n) is 3.76. The van der Waals surface area contributed by atoms with Crippen molar-refractivity contribution in [2.75, 3.05) is 24.6 Å². The maximum absolute atomic E-state index is 12.2. The number of hydrogen-bond donors (Lipinski definition) is 3. The van der Waals surface area contributed by atoms with Gasteiger partial charge in [-0.25, -0.2) is 4.79 Å². The van der Waals surface area contributed by atoms with Gasteiger partial charge in [-0.3, -0.25) is 0 Å². The molecule has 3 rings (SSSR count). The number of nitrogens with one attached hydrogen (secondary N) is 2. The van der Waals surface area contributed by atoms with Crippen molar-refractivity contribution in [1.29, 1.82) is 0 Å². The quantitative estimate of drug-likeness (QED) is 0.797. The summed E-state index contributed by atoms with van der Waals surface area (Å²) >= 11 is 0. The molecule has 23 heavy (non-hydrogen) atoms. The second kappa shape index (κ2) is 7.68. The Morgan fingerprint density at radius 3 is 2.70 bits per heavy atom. The number of nitrogens with zero attached hydrogens (tertiary/aromatic N) is 1. The second-order valence-electron chi connectivity index (χ2n) is 6.72. The molecule has 1 aliphatic heterocycles. The van der Waals surface area contributed by atoms with Crippen LogP contribution in [0, 0.1) is 5.92 Å². The fourth-order valence-corrected chi connectivity index (χ4v) is 3.76. The van der Waals surface area contributed by atoms with E-state index in [1.807, 2.05) is 18.2 Å². The molecule has 1 heterocycles. The van der Waals surface area contributed by atoms with Gasteiger partial charge in [0, 0.05) is 43.4 Å². The number of carbonyl (C=O) groups excluding carboxylic acids is 1. The summed E-state index contributed by atoms with van der Waals surface area (Å²) < 4.78 is 0. The van der Waals surface area contributed by atoms with Gasteiger partial charge in [0.25, 0.3) is 0 Å². The number of urea groups is 1. The minimum atomic E-state index is -0.0877. The van der Waals surface area contributed by atoms with Crippen LogP contribution in [0.5, 0.6) is 0 Å². The predicted molar refractivity (Wildman–Crippen MR) is 91.6 cm³/mol. The fraction of sp³-hybridized carbons (Fsp3) is 0.611. The monoisotopic (exact) mass is 317 g/mol. The Balaban J connectivity index is 1.47. The number of hydrogen-bond acceptors (Lipinski definition) is 3. The van der Waals surface area contributed by atoms with Gasteiger partial charge in [0.15, 0.2) is 0 Å². The molecule has 0 aromatic heterocycles. The van der Waals surface area contributed by atoms with Crippen molar-refractivity contribution >= 4 is 11.7 Å². The number of amides is 2. The molecule has 2 aliphatic rings. The summed E-state index contributed by atoms with van der Waals surface area (Å²) in [6.07, 6.45) is 5.23. The zero-order valence-corrected chi connectivity index (χ0v) is 13.6. The van der Waals surface area contributed by atoms with Crippen LogP contribution in [-0.2, 0) is 0 Å². The first-order valence-electron chi connectivity index (χ1n) is 8.74. The standard InChI is InChI=1S/C18H27N3O2/c22-13-14-6-4-5-9-17(14)20-18(23)19-15-10-11-21(12-15)16-7-2-1-3-8-16/h1-3,7-8,14-15,17,22H,4-6,9-13H2,(H2,19,20,23). The van der Waals surface area contributed by atoms with Crippen LogP contribution in [0.25, 0.3) is 0 Å². The maximum Gasteiger partial charge on any atom is 0.315 e. The van der Waals surface area contributed by atoms with E-state index in [0.29, 0.717) is 0 Å². The van der Waals surface area contributed by atoms with E-state index in [-0.39, 0.29) is 30.6 Å². The maximum atomic E-state index is 12.2. The SMILES string of the molecule is O=C(NC1CCN(c2ccccc2)C1)NC1CCCCC1CO. The van der Waals surface area contributed by atoms with Gasteiger partial charge >= 0.3 is 6.03 Å². The number of aliphatic hydroxyl groups excluding tert-OH is 1. The van der Waals surface area contributed by atoms with Crippen molar-refractivity contribution in [3.05, 3.63) is 30.3 Å². The molecule has 0 bridgehead atoms. The second-order valence-corrected chi connectivity index (χ2v) is 6.72. The van der Waals surface area contributed by atoms with Crippen molar-refractivity contribution in [3.8, 4) is 0 Å². The molecule has 0 radical (unpaired) electrons. The van der Waals surface area contributed by atoms with Gasteiger partial charge in [-0.2, -0.15) is 0 Å². The van der Waals surface area contributed by atoms with E-state index >= 15 is 0 Å². The number of para-hydroxylation sites is 1. The van der Waals surface area contributed by atoms with Crippen LogP contribution in [-0.4, -0.2) is 42.9 Å². The Bertz CT molecular complexity index is 508. The minimum Gasteiger partial charge on any atom is -0.396 e. The van der Waals surface area contributed by atoms with Gasteiger partial charge in [0.2, 0.25) is 0 Å². The van der Waals surface area contributed by atoms with E-state index in [2.05, 4.69) is 27.7 Å². The van der Waals surface area contributed by atoms with Crippen LogP contribution >= 0.6 is 0 Å². The molecule has 5 heteroatoms. The van der Waals surface area contributed by atoms with E-state index in [1.54, 1.807) is 0 Å². The third-order valence-corrected chi connectivity index (χ3v) is 5.10. The van der Waals surface area contributed by atoms with Gasteiger partial charge in [-0.1, -0.05) is 31.0 Å². The highest BCUT2D eigenvalue weighted by Gasteiger charge is 2.28. The molecule has 1 aromatic rings. The number of rotatable bonds is 4. The number of carbonyl (C=O) groups is 1. The highest BCUT2D eigenvalue weighted by molar-refractivity contribution is 5.74. The Morgan fingerprint density at radius 2 is 1.91 bits per heavy atom. The summed E-state index contributed by atoms with van der Waals surface area (Å²) in [4.78, 5) is 14.6. The van der Waals surface area contributed by atoms with Crippen molar-refractivity contribution in [2.24, 2.45) is 5.92 Å². The summed E-state index contributed by atoms with van der Waals surface area (Å²) in [6, 6.07) is 10.5. The van der Waals surface area contributed by atoms with Crippen LogP contribution in [0.15, 0.2) is 30.3 Å². The van der Waals surface area contributed by atoms with Crippen molar-refractivity contribution in [1.82, 2.24) is 10.6 Å². The Kier molecular flexibility index (Phi) is 5.39. The zero-order valence-electron chi connectivity index (χ0n) is 13.6. The Morgan fingerprint density at radius 1 is 1.13 bits per heavy atom. The average molecular weight is 317 g/mol. The molecular weight excluding hydrogens is 290 g/mol. The largest absolute Gasteiger partial charge is 0.396 e. The molecule has 1 aliphatic carbocycles. The van der Waals surface area contributed by atoms with Crippen LogP contribution in [0.3, 0.4) is 0 Å². The first kappa shape index (κ1) is 16.1. The number of aliphatic hydroxyl groups is 1. The molecule has 0 spiro atoms. The van der Waals surface area contributed by atoms with Gasteiger partial charge in [0.05, 0.1) is 0 Å². The van der Waals surface area contributed by atoms with Gasteiger partial charge in [-0.15, -0.1) is 0 Å². The summed E-state index contributed by atoms with van der Waals surface area (Å²) in [5, 5.41) is 15.6. The van der Waals surface area contributed by atoms with E-state index in [1.165, 1.54) is 5.69 Å².